The molecule has 1 aliphatic rings. The van der Waals surface area contributed by atoms with Crippen LogP contribution in [-0.2, 0) is 21.4 Å². The van der Waals surface area contributed by atoms with Crippen LogP contribution in [-0.4, -0.2) is 33.3 Å². The van der Waals surface area contributed by atoms with Crippen molar-refractivity contribution in [3.05, 3.63) is 27.7 Å². The van der Waals surface area contributed by atoms with E-state index in [1.807, 2.05) is 0 Å². The van der Waals surface area contributed by atoms with E-state index in [9.17, 15) is 13.5 Å². The lowest BCUT2D eigenvalue weighted by Gasteiger charge is -2.12. The number of benzene rings is 1. The third kappa shape index (κ3) is 4.75. The van der Waals surface area contributed by atoms with E-state index in [0.29, 0.717) is 34.7 Å². The molecule has 1 fully saturated rings. The summed E-state index contributed by atoms with van der Waals surface area (Å²) in [4.78, 5) is 0.183. The maximum absolute atomic E-state index is 12.3. The fraction of sp³-hybridized carbons (Fsp3) is 0.571. The number of rotatable bonds is 8. The number of nitrogens with one attached hydrogen (secondary N) is 1. The molecular formula is C14H20BrNO4S. The molecule has 2 N–H and O–H groups in total. The molecule has 5 nitrogen and oxygen atoms in total. The van der Waals surface area contributed by atoms with Crippen LogP contribution in [0.1, 0.15) is 24.0 Å². The molecule has 0 heterocycles. The fourth-order valence-corrected chi connectivity index (χ4v) is 3.90. The van der Waals surface area contributed by atoms with Crippen LogP contribution < -0.4 is 4.72 Å². The average molecular weight is 378 g/mol. The molecule has 2 rings (SSSR count). The highest BCUT2D eigenvalue weighted by atomic mass is 79.9. The smallest absolute Gasteiger partial charge is 0.240 e. The van der Waals surface area contributed by atoms with E-state index in [2.05, 4.69) is 20.7 Å². The van der Waals surface area contributed by atoms with Crippen LogP contribution in [0.4, 0.5) is 0 Å². The molecule has 118 valence electrons. The van der Waals surface area contributed by atoms with Gasteiger partial charge in [0, 0.05) is 17.6 Å². The summed E-state index contributed by atoms with van der Waals surface area (Å²) in [5, 5.41) is 9.19. The first-order chi connectivity index (χ1) is 9.94. The minimum absolute atomic E-state index is 0.183. The van der Waals surface area contributed by atoms with Crippen molar-refractivity contribution >= 4 is 26.0 Å². The Morgan fingerprint density at radius 3 is 2.76 bits per heavy atom. The van der Waals surface area contributed by atoms with Crippen LogP contribution >= 0.6 is 15.9 Å². The molecule has 1 aliphatic carbocycles. The molecule has 0 aliphatic heterocycles. The highest BCUT2D eigenvalue weighted by molar-refractivity contribution is 9.10. The van der Waals surface area contributed by atoms with Gasteiger partial charge in [0.2, 0.25) is 10.0 Å². The molecule has 0 spiro atoms. The zero-order valence-corrected chi connectivity index (χ0v) is 14.3. The van der Waals surface area contributed by atoms with E-state index in [1.54, 1.807) is 13.0 Å². The number of aliphatic hydroxyl groups excluding tert-OH is 1. The molecule has 0 amide bonds. The van der Waals surface area contributed by atoms with Gasteiger partial charge in [-0.1, -0.05) is 15.9 Å². The van der Waals surface area contributed by atoms with Crippen molar-refractivity contribution in [2.75, 3.05) is 19.8 Å². The summed E-state index contributed by atoms with van der Waals surface area (Å²) in [7, 11) is -3.60. The van der Waals surface area contributed by atoms with Gasteiger partial charge >= 0.3 is 0 Å². The molecule has 1 saturated carbocycles. The Balaban J connectivity index is 1.98. The SMILES string of the molecule is Cc1c(Br)cc(CO)cc1S(=O)(=O)NCCOCC1CC1. The van der Waals surface area contributed by atoms with Crippen molar-refractivity contribution in [1.29, 1.82) is 0 Å². The number of aliphatic hydroxyl groups is 1. The van der Waals surface area contributed by atoms with Crippen LogP contribution in [0.25, 0.3) is 0 Å². The van der Waals surface area contributed by atoms with Crippen LogP contribution in [0, 0.1) is 12.8 Å². The fourth-order valence-electron chi connectivity index (χ4n) is 1.94. The summed E-state index contributed by atoms with van der Waals surface area (Å²) in [6.45, 7) is 2.85. The third-order valence-corrected chi connectivity index (χ3v) is 5.83. The molecule has 0 aromatic heterocycles. The summed E-state index contributed by atoms with van der Waals surface area (Å²) >= 11 is 3.32. The Kier molecular flexibility index (Phi) is 5.79. The van der Waals surface area contributed by atoms with Crippen LogP contribution in [0.3, 0.4) is 0 Å². The van der Waals surface area contributed by atoms with Gasteiger partial charge in [0.1, 0.15) is 0 Å². The largest absolute Gasteiger partial charge is 0.392 e. The van der Waals surface area contributed by atoms with Crippen molar-refractivity contribution in [3.63, 3.8) is 0 Å². The topological polar surface area (TPSA) is 75.6 Å². The standard InChI is InChI=1S/C14H20BrNO4S/c1-10-13(15)6-12(8-17)7-14(10)21(18,19)16-4-5-20-9-11-2-3-11/h6-7,11,16-17H,2-5,8-9H2,1H3. The van der Waals surface area contributed by atoms with E-state index >= 15 is 0 Å². The van der Waals surface area contributed by atoms with E-state index < -0.39 is 10.0 Å². The highest BCUT2D eigenvalue weighted by Gasteiger charge is 2.22. The minimum atomic E-state index is -3.60. The van der Waals surface area contributed by atoms with Gasteiger partial charge in [-0.05, 0) is 48.9 Å². The van der Waals surface area contributed by atoms with Crippen molar-refractivity contribution in [2.24, 2.45) is 5.92 Å². The van der Waals surface area contributed by atoms with Gasteiger partial charge in [0.25, 0.3) is 0 Å². The summed E-state index contributed by atoms with van der Waals surface area (Å²) in [6, 6.07) is 3.21. The summed E-state index contributed by atoms with van der Waals surface area (Å²) < 4.78 is 33.2. The summed E-state index contributed by atoms with van der Waals surface area (Å²) in [5.74, 6) is 0.668. The number of sulfonamides is 1. The average Bonchev–Trinajstić information content (AvgIpc) is 3.25. The first-order valence-electron chi connectivity index (χ1n) is 6.91. The van der Waals surface area contributed by atoms with Gasteiger partial charge < -0.3 is 9.84 Å². The van der Waals surface area contributed by atoms with Crippen molar-refractivity contribution < 1.29 is 18.3 Å². The molecule has 0 atom stereocenters. The van der Waals surface area contributed by atoms with E-state index in [-0.39, 0.29) is 18.0 Å². The Hall–Kier alpha value is -0.470. The Bertz CT molecular complexity index is 599. The minimum Gasteiger partial charge on any atom is -0.392 e. The second-order valence-corrected chi connectivity index (χ2v) is 7.86. The maximum Gasteiger partial charge on any atom is 0.240 e. The predicted octanol–water partition coefficient (Wildman–Crippen LogP) is 1.95. The molecule has 0 unspecified atom stereocenters. The Morgan fingerprint density at radius 2 is 2.14 bits per heavy atom. The van der Waals surface area contributed by atoms with Gasteiger partial charge in [-0.2, -0.15) is 0 Å². The number of hydrogen-bond acceptors (Lipinski definition) is 4. The molecule has 0 radical (unpaired) electrons. The molecule has 21 heavy (non-hydrogen) atoms. The lowest BCUT2D eigenvalue weighted by atomic mass is 10.2. The first kappa shape index (κ1) is 16.9. The number of halogens is 1. The van der Waals surface area contributed by atoms with Gasteiger partial charge in [-0.15, -0.1) is 0 Å². The summed E-state index contributed by atoms with van der Waals surface area (Å²) in [6.07, 6.45) is 2.43. The molecule has 0 bridgehead atoms. The zero-order valence-electron chi connectivity index (χ0n) is 11.9. The van der Waals surface area contributed by atoms with E-state index in [4.69, 9.17) is 4.74 Å². The second kappa shape index (κ2) is 7.19. The zero-order chi connectivity index (χ0) is 15.5. The van der Waals surface area contributed by atoms with Crippen molar-refractivity contribution in [1.82, 2.24) is 4.72 Å². The molecule has 1 aromatic rings. The van der Waals surface area contributed by atoms with E-state index in [0.717, 1.165) is 0 Å². The van der Waals surface area contributed by atoms with Crippen molar-refractivity contribution in [2.45, 2.75) is 31.3 Å². The van der Waals surface area contributed by atoms with Crippen molar-refractivity contribution in [3.8, 4) is 0 Å². The van der Waals surface area contributed by atoms with Crippen LogP contribution in [0.2, 0.25) is 0 Å². The van der Waals surface area contributed by atoms with E-state index in [1.165, 1.54) is 18.9 Å². The third-order valence-electron chi connectivity index (χ3n) is 3.42. The van der Waals surface area contributed by atoms with Gasteiger partial charge in [0.05, 0.1) is 18.1 Å². The second-order valence-electron chi connectivity index (χ2n) is 5.27. The molecule has 1 aromatic carbocycles. The molecular weight excluding hydrogens is 358 g/mol. The lowest BCUT2D eigenvalue weighted by molar-refractivity contribution is 0.129. The number of hydrogen-bond donors (Lipinski definition) is 2. The maximum atomic E-state index is 12.3. The van der Waals surface area contributed by atoms with Crippen LogP contribution in [0.5, 0.6) is 0 Å². The quantitative estimate of drug-likeness (QED) is 0.678. The van der Waals surface area contributed by atoms with Gasteiger partial charge in [-0.3, -0.25) is 0 Å². The van der Waals surface area contributed by atoms with Gasteiger partial charge in [-0.25, -0.2) is 13.1 Å². The normalized spacial score (nSPS) is 15.4. The summed E-state index contributed by atoms with van der Waals surface area (Å²) in [5.41, 5.74) is 1.18. The molecule has 0 saturated heterocycles. The lowest BCUT2D eigenvalue weighted by Crippen LogP contribution is -2.28. The molecule has 7 heteroatoms. The number of ether oxygens (including phenoxy) is 1. The Morgan fingerprint density at radius 1 is 1.43 bits per heavy atom. The first-order valence-corrected chi connectivity index (χ1v) is 9.19. The van der Waals surface area contributed by atoms with Crippen LogP contribution in [0.15, 0.2) is 21.5 Å². The highest BCUT2D eigenvalue weighted by Crippen LogP contribution is 2.28. The Labute approximate surface area is 133 Å². The monoisotopic (exact) mass is 377 g/mol. The predicted molar refractivity (Wildman–Crippen MR) is 83.5 cm³/mol. The van der Waals surface area contributed by atoms with Gasteiger partial charge in [0.15, 0.2) is 0 Å².